The molecule has 0 amide bonds. The Kier molecular flexibility index (Phi) is 7.90. The van der Waals surface area contributed by atoms with Gasteiger partial charge < -0.3 is 10.2 Å². The Balaban J connectivity index is 2.15. The molecule has 0 radical (unpaired) electrons. The van der Waals surface area contributed by atoms with E-state index in [9.17, 15) is 8.42 Å². The van der Waals surface area contributed by atoms with E-state index in [-0.39, 0.29) is 5.75 Å². The smallest absolute Gasteiger partial charge is 0.211 e. The SMILES string of the molecule is CCCNCCCS(=O)(=O)NCC1CCCN(C)C1. The van der Waals surface area contributed by atoms with Crippen molar-refractivity contribution in [3.63, 3.8) is 0 Å². The summed E-state index contributed by atoms with van der Waals surface area (Å²) in [6.45, 7) is 6.57. The third-order valence-electron chi connectivity index (χ3n) is 3.51. The van der Waals surface area contributed by atoms with E-state index in [1.807, 2.05) is 0 Å². The maximum Gasteiger partial charge on any atom is 0.211 e. The van der Waals surface area contributed by atoms with Crippen LogP contribution in [0.2, 0.25) is 0 Å². The van der Waals surface area contributed by atoms with E-state index in [1.165, 1.54) is 6.42 Å². The van der Waals surface area contributed by atoms with Crippen molar-refractivity contribution in [2.45, 2.75) is 32.6 Å². The summed E-state index contributed by atoms with van der Waals surface area (Å²) in [6, 6.07) is 0. The number of sulfonamides is 1. The molecule has 0 aromatic carbocycles. The van der Waals surface area contributed by atoms with Gasteiger partial charge in [-0.1, -0.05) is 6.92 Å². The van der Waals surface area contributed by atoms with Crippen LogP contribution in [0.4, 0.5) is 0 Å². The van der Waals surface area contributed by atoms with Gasteiger partial charge in [0.1, 0.15) is 0 Å². The van der Waals surface area contributed by atoms with Crippen LogP contribution in [0.25, 0.3) is 0 Å². The van der Waals surface area contributed by atoms with Crippen LogP contribution in [0.15, 0.2) is 0 Å². The van der Waals surface area contributed by atoms with E-state index in [0.29, 0.717) is 18.9 Å². The van der Waals surface area contributed by atoms with E-state index in [4.69, 9.17) is 0 Å². The van der Waals surface area contributed by atoms with Crippen LogP contribution in [-0.2, 0) is 10.0 Å². The number of piperidine rings is 1. The number of nitrogens with one attached hydrogen (secondary N) is 2. The first-order valence-electron chi connectivity index (χ1n) is 7.40. The number of nitrogens with zero attached hydrogens (tertiary/aromatic N) is 1. The van der Waals surface area contributed by atoms with E-state index in [1.54, 1.807) is 0 Å². The molecule has 1 saturated heterocycles. The molecule has 0 saturated carbocycles. The molecule has 1 fully saturated rings. The Morgan fingerprint density at radius 3 is 2.79 bits per heavy atom. The third-order valence-corrected chi connectivity index (χ3v) is 4.94. The quantitative estimate of drug-likeness (QED) is 0.612. The summed E-state index contributed by atoms with van der Waals surface area (Å²) in [5.41, 5.74) is 0. The highest BCUT2D eigenvalue weighted by Crippen LogP contribution is 2.14. The monoisotopic (exact) mass is 291 g/mol. The highest BCUT2D eigenvalue weighted by molar-refractivity contribution is 7.89. The lowest BCUT2D eigenvalue weighted by Crippen LogP contribution is -2.39. The number of likely N-dealkylation sites (tertiary alicyclic amines) is 1. The van der Waals surface area contributed by atoms with Gasteiger partial charge in [0.25, 0.3) is 0 Å². The minimum absolute atomic E-state index is 0.228. The zero-order valence-corrected chi connectivity index (χ0v) is 13.1. The summed E-state index contributed by atoms with van der Waals surface area (Å²) in [5.74, 6) is 0.693. The lowest BCUT2D eigenvalue weighted by atomic mass is 9.99. The van der Waals surface area contributed by atoms with Crippen molar-refractivity contribution in [1.82, 2.24) is 14.9 Å². The van der Waals surface area contributed by atoms with Crippen molar-refractivity contribution in [2.75, 3.05) is 45.5 Å². The van der Waals surface area contributed by atoms with Crippen LogP contribution >= 0.6 is 0 Å². The Hall–Kier alpha value is -0.170. The van der Waals surface area contributed by atoms with E-state index < -0.39 is 10.0 Å². The Bertz CT molecular complexity index is 333. The van der Waals surface area contributed by atoms with Gasteiger partial charge in [-0.15, -0.1) is 0 Å². The first kappa shape index (κ1) is 16.9. The predicted octanol–water partition coefficient (Wildman–Crippen LogP) is 0.637. The number of hydrogen-bond acceptors (Lipinski definition) is 4. The lowest BCUT2D eigenvalue weighted by molar-refractivity contribution is 0.211. The highest BCUT2D eigenvalue weighted by Gasteiger charge is 2.19. The van der Waals surface area contributed by atoms with Crippen LogP contribution in [0.3, 0.4) is 0 Å². The van der Waals surface area contributed by atoms with Crippen LogP contribution in [0, 0.1) is 5.92 Å². The average molecular weight is 291 g/mol. The fourth-order valence-corrected chi connectivity index (χ4v) is 3.60. The van der Waals surface area contributed by atoms with Crippen molar-refractivity contribution < 1.29 is 8.42 Å². The predicted molar refractivity (Wildman–Crippen MR) is 79.8 cm³/mol. The van der Waals surface area contributed by atoms with Gasteiger partial charge in [0.15, 0.2) is 0 Å². The van der Waals surface area contributed by atoms with Gasteiger partial charge in [-0.25, -0.2) is 13.1 Å². The van der Waals surface area contributed by atoms with Gasteiger partial charge in [0, 0.05) is 13.1 Å². The summed E-state index contributed by atoms with van der Waals surface area (Å²) >= 11 is 0. The molecule has 0 aliphatic carbocycles. The fraction of sp³-hybridized carbons (Fsp3) is 1.00. The molecular formula is C13H29N3O2S. The van der Waals surface area contributed by atoms with Crippen LogP contribution in [0.5, 0.6) is 0 Å². The zero-order chi connectivity index (χ0) is 14.1. The molecule has 5 nitrogen and oxygen atoms in total. The fourth-order valence-electron chi connectivity index (χ4n) is 2.45. The van der Waals surface area contributed by atoms with Crippen molar-refractivity contribution in [2.24, 2.45) is 5.92 Å². The zero-order valence-electron chi connectivity index (χ0n) is 12.3. The Morgan fingerprint density at radius 1 is 1.32 bits per heavy atom. The van der Waals surface area contributed by atoms with Gasteiger partial charge in [0.2, 0.25) is 10.0 Å². The molecule has 2 N–H and O–H groups in total. The molecule has 1 atom stereocenters. The summed E-state index contributed by atoms with van der Waals surface area (Å²) in [7, 11) is -0.997. The molecule has 1 aliphatic rings. The van der Waals surface area contributed by atoms with Gasteiger partial charge in [-0.2, -0.15) is 0 Å². The molecule has 0 aromatic rings. The van der Waals surface area contributed by atoms with E-state index in [0.717, 1.165) is 39.0 Å². The Morgan fingerprint density at radius 2 is 2.11 bits per heavy atom. The highest BCUT2D eigenvalue weighted by atomic mass is 32.2. The van der Waals surface area contributed by atoms with Crippen molar-refractivity contribution in [3.8, 4) is 0 Å². The maximum atomic E-state index is 11.8. The molecule has 19 heavy (non-hydrogen) atoms. The van der Waals surface area contributed by atoms with Crippen molar-refractivity contribution in [1.29, 1.82) is 0 Å². The summed E-state index contributed by atoms with van der Waals surface area (Å²) in [5, 5.41) is 3.22. The summed E-state index contributed by atoms with van der Waals surface area (Å²) in [4.78, 5) is 2.27. The topological polar surface area (TPSA) is 61.4 Å². The standard InChI is InChI=1S/C13H29N3O2S/c1-3-7-14-8-5-10-19(17,18)15-11-13-6-4-9-16(2)12-13/h13-15H,3-12H2,1-2H3. The second-order valence-electron chi connectivity index (χ2n) is 5.54. The molecule has 0 aromatic heterocycles. The second kappa shape index (κ2) is 8.89. The summed E-state index contributed by atoms with van der Waals surface area (Å²) < 4.78 is 26.4. The molecule has 0 spiro atoms. The van der Waals surface area contributed by atoms with Gasteiger partial charge in [-0.3, -0.25) is 0 Å². The molecule has 0 bridgehead atoms. The molecule has 1 rings (SSSR count). The minimum Gasteiger partial charge on any atom is -0.317 e. The van der Waals surface area contributed by atoms with Crippen LogP contribution in [-0.4, -0.2) is 58.8 Å². The van der Waals surface area contributed by atoms with Gasteiger partial charge in [-0.05, 0) is 58.3 Å². The molecular weight excluding hydrogens is 262 g/mol. The Labute approximate surface area is 118 Å². The first-order valence-corrected chi connectivity index (χ1v) is 9.05. The summed E-state index contributed by atoms with van der Waals surface area (Å²) in [6.07, 6.45) is 4.06. The van der Waals surface area contributed by atoms with Gasteiger partial charge in [0.05, 0.1) is 5.75 Å². The third kappa shape index (κ3) is 7.87. The van der Waals surface area contributed by atoms with E-state index >= 15 is 0 Å². The first-order chi connectivity index (χ1) is 9.03. The molecule has 1 unspecified atom stereocenters. The van der Waals surface area contributed by atoms with Gasteiger partial charge >= 0.3 is 0 Å². The molecule has 6 heteroatoms. The second-order valence-corrected chi connectivity index (χ2v) is 7.47. The normalized spacial score (nSPS) is 21.7. The van der Waals surface area contributed by atoms with Crippen molar-refractivity contribution in [3.05, 3.63) is 0 Å². The van der Waals surface area contributed by atoms with Crippen molar-refractivity contribution >= 4 is 10.0 Å². The number of rotatable bonds is 9. The average Bonchev–Trinajstić information content (AvgIpc) is 2.36. The molecule has 114 valence electrons. The molecule has 1 aliphatic heterocycles. The number of hydrogen-bond donors (Lipinski definition) is 2. The largest absolute Gasteiger partial charge is 0.317 e. The molecule has 1 heterocycles. The maximum absolute atomic E-state index is 11.8. The minimum atomic E-state index is -3.09. The van der Waals surface area contributed by atoms with Crippen LogP contribution < -0.4 is 10.0 Å². The van der Waals surface area contributed by atoms with Crippen LogP contribution in [0.1, 0.15) is 32.6 Å². The van der Waals surface area contributed by atoms with E-state index in [2.05, 4.69) is 28.9 Å². The lowest BCUT2D eigenvalue weighted by Gasteiger charge is -2.29.